The lowest BCUT2D eigenvalue weighted by Crippen LogP contribution is -2.21. The highest BCUT2D eigenvalue weighted by molar-refractivity contribution is 6.10. The number of ether oxygens (including phenoxy) is 2. The van der Waals surface area contributed by atoms with Crippen molar-refractivity contribution in [1.29, 1.82) is 0 Å². The summed E-state index contributed by atoms with van der Waals surface area (Å²) in [6.45, 7) is 8.34. The van der Waals surface area contributed by atoms with Gasteiger partial charge in [-0.3, -0.25) is 0 Å². The van der Waals surface area contributed by atoms with Crippen molar-refractivity contribution in [3.63, 3.8) is 0 Å². The minimum absolute atomic E-state index is 0.305. The summed E-state index contributed by atoms with van der Waals surface area (Å²) in [6.07, 6.45) is 23.9. The molecule has 2 nitrogen and oxygen atoms in total. The van der Waals surface area contributed by atoms with Gasteiger partial charge in [-0.25, -0.2) is 0 Å². The van der Waals surface area contributed by atoms with Crippen LogP contribution in [-0.2, 0) is 0 Å². The topological polar surface area (TPSA) is 18.5 Å². The fourth-order valence-corrected chi connectivity index (χ4v) is 12.6. The number of hydrogen-bond acceptors (Lipinski definition) is 2. The summed E-state index contributed by atoms with van der Waals surface area (Å²) in [5, 5.41) is 4.58. The molecule has 0 amide bonds. The van der Waals surface area contributed by atoms with Crippen LogP contribution in [0.25, 0.3) is 32.7 Å². The summed E-state index contributed by atoms with van der Waals surface area (Å²) in [6, 6.07) is 40.4. The highest BCUT2D eigenvalue weighted by Crippen LogP contribution is 2.47. The molecule has 68 heavy (non-hydrogen) atoms. The second-order valence-corrected chi connectivity index (χ2v) is 21.7. The molecule has 0 radical (unpaired) electrons. The molecule has 0 unspecified atom stereocenters. The highest BCUT2D eigenvalue weighted by atomic mass is 16.5. The maximum Gasteiger partial charge on any atom is 0.127 e. The van der Waals surface area contributed by atoms with Gasteiger partial charge in [-0.2, -0.15) is 0 Å². The van der Waals surface area contributed by atoms with Crippen molar-refractivity contribution in [2.75, 3.05) is 13.2 Å². The van der Waals surface area contributed by atoms with Gasteiger partial charge in [-0.05, 0) is 193 Å². The van der Waals surface area contributed by atoms with Crippen LogP contribution in [0.2, 0.25) is 0 Å². The van der Waals surface area contributed by atoms with Crippen molar-refractivity contribution < 1.29 is 9.47 Å². The zero-order valence-corrected chi connectivity index (χ0v) is 41.4. The Morgan fingerprint density at radius 3 is 1.21 bits per heavy atom. The Hall–Kier alpha value is -5.44. The van der Waals surface area contributed by atoms with Crippen molar-refractivity contribution >= 4 is 21.5 Å². The van der Waals surface area contributed by atoms with Gasteiger partial charge in [-0.1, -0.05) is 144 Å². The van der Waals surface area contributed by atoms with Gasteiger partial charge < -0.3 is 9.47 Å². The molecule has 0 N–H and O–H groups in total. The highest BCUT2D eigenvalue weighted by Gasteiger charge is 2.27. The van der Waals surface area contributed by atoms with Crippen molar-refractivity contribution in [3.8, 4) is 46.3 Å². The average molecular weight is 899 g/mol. The van der Waals surface area contributed by atoms with Crippen molar-refractivity contribution in [1.82, 2.24) is 0 Å². The van der Waals surface area contributed by atoms with Crippen LogP contribution < -0.4 is 9.47 Å². The minimum Gasteiger partial charge on any atom is -0.492 e. The molecule has 4 aliphatic rings. The van der Waals surface area contributed by atoms with E-state index in [0.717, 1.165) is 96.5 Å². The quantitative estimate of drug-likeness (QED) is 0.135. The molecule has 2 heteroatoms. The molecule has 0 spiro atoms. The smallest absolute Gasteiger partial charge is 0.127 e. The SMILES string of the molecule is CCCC1CCC(c2ccc(C#Cc3ccc4ccc5c(c4c3)-c3c(ccc4ccc(C#Cc6ccc(C7CCC(CCC)CC7)cc6)cc34)OCC(CCC3CCC(C)CC3)CO5)cc2)CC1. The summed E-state index contributed by atoms with van der Waals surface area (Å²) >= 11 is 0. The standard InChI is InChI=1S/C66H74O2/c1-4-6-47-18-28-55(29-19-47)57-32-22-50(23-33-57)12-15-52-26-36-59-38-40-63-65(61(59)42-52)66-62-43-53(16-13-51-24-34-58(35-25-51)56-30-20-48(7-5-2)21-31-56)27-37-60(62)39-41-64(66)68-45-54(44-67-63)17-14-49-10-8-46(3)9-11-49/h22-27,32-43,46-49,54-56H,4-11,14,17-21,28-31,44-45H2,1-3H3. The van der Waals surface area contributed by atoms with Gasteiger partial charge in [0.1, 0.15) is 11.5 Å². The van der Waals surface area contributed by atoms with E-state index in [1.54, 1.807) is 0 Å². The van der Waals surface area contributed by atoms with Gasteiger partial charge in [0.2, 0.25) is 0 Å². The summed E-state index contributed by atoms with van der Waals surface area (Å²) in [7, 11) is 0. The molecular formula is C66H74O2. The Labute approximate surface area is 409 Å². The van der Waals surface area contributed by atoms with Crippen LogP contribution in [0.15, 0.2) is 109 Å². The first-order chi connectivity index (χ1) is 33.5. The van der Waals surface area contributed by atoms with E-state index in [-0.39, 0.29) is 0 Å². The van der Waals surface area contributed by atoms with E-state index in [0.29, 0.717) is 31.0 Å². The second-order valence-electron chi connectivity index (χ2n) is 21.7. The summed E-state index contributed by atoms with van der Waals surface area (Å²) in [4.78, 5) is 0. The van der Waals surface area contributed by atoms with Gasteiger partial charge in [0.05, 0.1) is 13.2 Å². The maximum atomic E-state index is 7.00. The molecule has 3 aliphatic carbocycles. The fraction of sp³-hybridized carbons (Fsp3) is 0.455. The Kier molecular flexibility index (Phi) is 14.9. The molecule has 6 aromatic carbocycles. The molecular weight excluding hydrogens is 825 g/mol. The van der Waals surface area contributed by atoms with Crippen LogP contribution in [-0.4, -0.2) is 13.2 Å². The lowest BCUT2D eigenvalue weighted by molar-refractivity contribution is 0.159. The van der Waals surface area contributed by atoms with Crippen LogP contribution >= 0.6 is 0 Å². The van der Waals surface area contributed by atoms with Gasteiger partial charge in [-0.15, -0.1) is 0 Å². The molecule has 350 valence electrons. The molecule has 6 aromatic rings. The van der Waals surface area contributed by atoms with Gasteiger partial charge >= 0.3 is 0 Å². The number of benzene rings is 6. The average Bonchev–Trinajstić information content (AvgIpc) is 3.46. The number of hydrogen-bond donors (Lipinski definition) is 0. The van der Waals surface area contributed by atoms with Crippen molar-refractivity contribution in [3.05, 3.63) is 143 Å². The van der Waals surface area contributed by atoms with E-state index in [4.69, 9.17) is 9.47 Å². The third-order valence-electron chi connectivity index (χ3n) is 16.8. The molecule has 3 saturated carbocycles. The lowest BCUT2D eigenvalue weighted by atomic mass is 9.77. The van der Waals surface area contributed by atoms with Crippen LogP contribution in [0.4, 0.5) is 0 Å². The van der Waals surface area contributed by atoms with Crippen molar-refractivity contribution in [2.24, 2.45) is 29.6 Å². The Bertz CT molecular complexity index is 2580. The second kappa shape index (κ2) is 21.9. The molecule has 10 rings (SSSR count). The summed E-state index contributed by atoms with van der Waals surface area (Å²) in [5.41, 5.74) is 9.22. The third-order valence-corrected chi connectivity index (χ3v) is 16.8. The third kappa shape index (κ3) is 11.0. The molecule has 0 saturated heterocycles. The Balaban J connectivity index is 0.966. The molecule has 0 bridgehead atoms. The zero-order chi connectivity index (χ0) is 46.2. The first-order valence-corrected chi connectivity index (χ1v) is 27.1. The van der Waals surface area contributed by atoms with Crippen LogP contribution in [0.3, 0.4) is 0 Å². The van der Waals surface area contributed by atoms with Gasteiger partial charge in [0, 0.05) is 39.3 Å². The van der Waals surface area contributed by atoms with E-state index in [1.165, 1.54) is 120 Å². The van der Waals surface area contributed by atoms with Gasteiger partial charge in [0.25, 0.3) is 0 Å². The normalized spacial score (nSPS) is 23.8. The van der Waals surface area contributed by atoms with Crippen molar-refractivity contribution in [2.45, 2.75) is 148 Å². The van der Waals surface area contributed by atoms with Crippen LogP contribution in [0, 0.1) is 53.3 Å². The summed E-state index contributed by atoms with van der Waals surface area (Å²) < 4.78 is 14.0. The molecule has 3 fully saturated rings. The zero-order valence-electron chi connectivity index (χ0n) is 41.4. The molecule has 1 aliphatic heterocycles. The molecule has 0 aromatic heterocycles. The van der Waals surface area contributed by atoms with E-state index < -0.39 is 0 Å². The van der Waals surface area contributed by atoms with E-state index in [9.17, 15) is 0 Å². The first-order valence-electron chi connectivity index (χ1n) is 27.1. The first kappa shape index (κ1) is 46.3. The van der Waals surface area contributed by atoms with E-state index in [2.05, 4.69) is 154 Å². The Morgan fingerprint density at radius 2 is 0.765 bits per heavy atom. The van der Waals surface area contributed by atoms with Gasteiger partial charge in [0.15, 0.2) is 0 Å². The molecule has 1 heterocycles. The fourth-order valence-electron chi connectivity index (χ4n) is 12.6. The molecule has 0 atom stereocenters. The number of rotatable bonds is 9. The van der Waals surface area contributed by atoms with E-state index >= 15 is 0 Å². The largest absolute Gasteiger partial charge is 0.492 e. The van der Waals surface area contributed by atoms with E-state index in [1.807, 2.05) is 0 Å². The van der Waals surface area contributed by atoms with Crippen LogP contribution in [0.1, 0.15) is 182 Å². The maximum absolute atomic E-state index is 7.00. The summed E-state index contributed by atoms with van der Waals surface area (Å²) in [5.74, 6) is 21.2. The predicted octanol–water partition coefficient (Wildman–Crippen LogP) is 17.6. The number of fused-ring (bicyclic) bond motifs is 7. The Morgan fingerprint density at radius 1 is 0.397 bits per heavy atom. The predicted molar refractivity (Wildman–Crippen MR) is 286 cm³/mol. The monoisotopic (exact) mass is 899 g/mol. The van der Waals surface area contributed by atoms with Crippen LogP contribution in [0.5, 0.6) is 11.5 Å². The lowest BCUT2D eigenvalue weighted by Gasteiger charge is -2.28. The minimum atomic E-state index is 0.305.